The van der Waals surface area contributed by atoms with Crippen LogP contribution >= 0.6 is 11.8 Å². The quantitative estimate of drug-likeness (QED) is 0.567. The molecule has 2 N–H and O–H groups in total. The Morgan fingerprint density at radius 2 is 1.10 bits per heavy atom. The lowest BCUT2D eigenvalue weighted by atomic mass is 10.2. The van der Waals surface area contributed by atoms with Gasteiger partial charge in [0.15, 0.2) is 0 Å². The number of phenolic OH excluding ortho intramolecular Hbond substituents is 1. The Morgan fingerprint density at radius 1 is 0.710 bits per heavy atom. The van der Waals surface area contributed by atoms with Crippen LogP contribution in [0.15, 0.2) is 54.6 Å². The number of hydrogen-bond donors (Lipinski definition) is 2. The van der Waals surface area contributed by atoms with Crippen molar-refractivity contribution in [2.75, 3.05) is 0 Å². The lowest BCUT2D eigenvalue weighted by Gasteiger charge is -2.11. The zero-order valence-electron chi connectivity index (χ0n) is 15.2. The third-order valence-corrected chi connectivity index (χ3v) is 7.19. The largest absolute Gasteiger partial charge is 0.512 e. The Labute approximate surface area is 178 Å². The number of nitrogens with one attached hydrogen (secondary N) is 1. The summed E-state index contributed by atoms with van der Waals surface area (Å²) in [6.45, 7) is 0. The second kappa shape index (κ2) is 10.6. The number of aromatic hydroxyl groups is 1. The van der Waals surface area contributed by atoms with Crippen LogP contribution in [0.4, 0.5) is 26.3 Å². The van der Waals surface area contributed by atoms with Crippen molar-refractivity contribution in [3.05, 3.63) is 65.7 Å². The first kappa shape index (κ1) is 27.1. The van der Waals surface area contributed by atoms with Gasteiger partial charge in [-0.3, -0.25) is 0 Å². The van der Waals surface area contributed by atoms with E-state index < -0.39 is 35.2 Å². The fourth-order valence-corrected chi connectivity index (χ4v) is 4.56. The van der Waals surface area contributed by atoms with Crippen LogP contribution in [-0.4, -0.2) is 33.0 Å². The molecule has 15 heteroatoms. The Kier molecular flexibility index (Phi) is 9.22. The van der Waals surface area contributed by atoms with Crippen molar-refractivity contribution >= 4 is 31.8 Å². The predicted octanol–water partition coefficient (Wildman–Crippen LogP) is 4.10. The van der Waals surface area contributed by atoms with Crippen molar-refractivity contribution in [2.24, 2.45) is 0 Å². The molecule has 2 aromatic carbocycles. The van der Waals surface area contributed by atoms with Gasteiger partial charge in [-0.1, -0.05) is 46.6 Å². The van der Waals surface area contributed by atoms with Gasteiger partial charge in [0.25, 0.3) is 0 Å². The second-order valence-electron chi connectivity index (χ2n) is 5.63. The van der Waals surface area contributed by atoms with E-state index in [0.717, 1.165) is 11.5 Å². The van der Waals surface area contributed by atoms with Gasteiger partial charge >= 0.3 is 31.1 Å². The van der Waals surface area contributed by atoms with Crippen LogP contribution in [0, 0.1) is 0 Å². The molecule has 2 aromatic rings. The molecule has 0 fully saturated rings. The first-order valence-electron chi connectivity index (χ1n) is 7.86. The first-order chi connectivity index (χ1) is 14.1. The van der Waals surface area contributed by atoms with Crippen molar-refractivity contribution in [2.45, 2.75) is 22.5 Å². The van der Waals surface area contributed by atoms with E-state index in [4.69, 9.17) is 5.11 Å². The average molecular weight is 511 g/mol. The average Bonchev–Trinajstić information content (AvgIpc) is 2.62. The fraction of sp³-hybridized carbons (Fsp3) is 0.250. The minimum Gasteiger partial charge on any atom is -0.508 e. The molecule has 0 bridgehead atoms. The zero-order valence-corrected chi connectivity index (χ0v) is 17.6. The monoisotopic (exact) mass is 511 g/mol. The molecule has 0 atom stereocenters. The summed E-state index contributed by atoms with van der Waals surface area (Å²) in [4.78, 5) is 0. The van der Waals surface area contributed by atoms with E-state index in [2.05, 4.69) is 24.3 Å². The van der Waals surface area contributed by atoms with Crippen LogP contribution in [0.3, 0.4) is 0 Å². The van der Waals surface area contributed by atoms with Crippen LogP contribution in [0.5, 0.6) is 5.75 Å². The van der Waals surface area contributed by atoms with E-state index in [1.165, 1.54) is 11.1 Å². The van der Waals surface area contributed by atoms with Crippen molar-refractivity contribution in [1.29, 1.82) is 0 Å². The molecule has 0 aliphatic rings. The summed E-state index contributed by atoms with van der Waals surface area (Å²) in [6, 6.07) is 17.9. The molecule has 0 unspecified atom stereocenters. The maximum atomic E-state index is 11.5. The molecule has 0 heterocycles. The minimum atomic E-state index is -6.60. The van der Waals surface area contributed by atoms with Crippen LogP contribution in [-0.2, 0) is 31.6 Å². The van der Waals surface area contributed by atoms with Crippen molar-refractivity contribution in [1.82, 2.24) is 4.13 Å². The summed E-state index contributed by atoms with van der Waals surface area (Å²) in [5.41, 5.74) is -9.69. The number of thioether (sulfide) groups is 1. The molecule has 6 nitrogen and oxygen atoms in total. The summed E-state index contributed by atoms with van der Waals surface area (Å²) >= 11 is 1.88. The molecule has 0 aliphatic carbocycles. The molecule has 0 spiro atoms. The van der Waals surface area contributed by atoms with Crippen LogP contribution < -0.4 is 4.13 Å². The van der Waals surface area contributed by atoms with E-state index >= 15 is 0 Å². The van der Waals surface area contributed by atoms with Gasteiger partial charge in [0.1, 0.15) is 5.75 Å². The highest BCUT2D eigenvalue weighted by atomic mass is 32.3. The van der Waals surface area contributed by atoms with Gasteiger partial charge in [-0.25, -0.2) is 16.8 Å². The molecule has 2 rings (SSSR count). The molecule has 0 aliphatic heterocycles. The predicted molar refractivity (Wildman–Crippen MR) is 103 cm³/mol. The highest BCUT2D eigenvalue weighted by molar-refractivity contribution is 8.05. The van der Waals surface area contributed by atoms with Gasteiger partial charge in [0.05, 0.1) is 0 Å². The van der Waals surface area contributed by atoms with Crippen LogP contribution in [0.2, 0.25) is 0 Å². The summed E-state index contributed by atoms with van der Waals surface area (Å²) in [6.07, 6.45) is 0. The normalized spacial score (nSPS) is 12.7. The molecule has 0 saturated heterocycles. The molecule has 174 valence electrons. The van der Waals surface area contributed by atoms with Crippen LogP contribution in [0.25, 0.3) is 0 Å². The summed E-state index contributed by atoms with van der Waals surface area (Å²) in [7, 11) is -13.2. The SMILES string of the molecule is O=S(=O)(NS(=O)(=O)C(F)(F)F)C(F)(F)F.Oc1ccc(CSCc2ccccc2)cc1. The third kappa shape index (κ3) is 8.96. The van der Waals surface area contributed by atoms with Gasteiger partial charge in [-0.2, -0.15) is 38.1 Å². The number of alkyl halides is 6. The summed E-state index contributed by atoms with van der Waals surface area (Å²) in [5, 5.41) is 9.15. The van der Waals surface area contributed by atoms with E-state index in [-0.39, 0.29) is 0 Å². The van der Waals surface area contributed by atoms with E-state index in [1.807, 2.05) is 30.0 Å². The molecule has 0 radical (unpaired) electrons. The first-order valence-corrected chi connectivity index (χ1v) is 12.0. The molecular weight excluding hydrogens is 496 g/mol. The zero-order chi connectivity index (χ0) is 23.9. The Bertz CT molecular complexity index is 996. The van der Waals surface area contributed by atoms with Gasteiger partial charge in [0.2, 0.25) is 0 Å². The standard InChI is InChI=1S/C14H14OS.C2HF6NO4S2/c15-14-8-6-13(7-9-14)11-16-10-12-4-2-1-3-5-12;3-1(4,5)14(10,11)9-15(12,13)2(6,7)8/h1-9,15H,10-11H2;9H. The van der Waals surface area contributed by atoms with Crippen molar-refractivity contribution in [3.63, 3.8) is 0 Å². The number of phenols is 1. The maximum Gasteiger partial charge on any atom is 0.512 e. The molecule has 0 saturated carbocycles. The van der Waals surface area contributed by atoms with E-state index in [1.54, 1.807) is 12.1 Å². The smallest absolute Gasteiger partial charge is 0.508 e. The Morgan fingerprint density at radius 3 is 1.48 bits per heavy atom. The van der Waals surface area contributed by atoms with Crippen molar-refractivity contribution in [3.8, 4) is 5.75 Å². The molecule has 31 heavy (non-hydrogen) atoms. The second-order valence-corrected chi connectivity index (χ2v) is 10.2. The number of rotatable bonds is 6. The van der Waals surface area contributed by atoms with Crippen LogP contribution in [0.1, 0.15) is 11.1 Å². The van der Waals surface area contributed by atoms with Gasteiger partial charge in [-0.15, -0.1) is 0 Å². The summed E-state index contributed by atoms with van der Waals surface area (Å²) in [5.74, 6) is 2.34. The summed E-state index contributed by atoms with van der Waals surface area (Å²) < 4.78 is 108. The van der Waals surface area contributed by atoms with Gasteiger partial charge in [-0.05, 0) is 23.3 Å². The number of halogens is 6. The highest BCUT2D eigenvalue weighted by Gasteiger charge is 2.55. The minimum absolute atomic E-state index is 0.330. The maximum absolute atomic E-state index is 11.5. The lowest BCUT2D eigenvalue weighted by molar-refractivity contribution is -0.0476. The highest BCUT2D eigenvalue weighted by Crippen LogP contribution is 2.27. The van der Waals surface area contributed by atoms with Crippen molar-refractivity contribution < 1.29 is 48.3 Å². The van der Waals surface area contributed by atoms with Gasteiger partial charge in [0, 0.05) is 11.5 Å². The number of sulfonamides is 2. The molecule has 0 amide bonds. The number of benzene rings is 2. The Hall–Kier alpha value is -1.97. The Balaban J connectivity index is 0.000000311. The molecular formula is C16H15F6NO5S3. The van der Waals surface area contributed by atoms with E-state index in [9.17, 15) is 43.2 Å². The van der Waals surface area contributed by atoms with E-state index in [0.29, 0.717) is 5.75 Å². The number of hydrogen-bond acceptors (Lipinski definition) is 6. The topological polar surface area (TPSA) is 101 Å². The van der Waals surface area contributed by atoms with Gasteiger partial charge < -0.3 is 5.11 Å². The third-order valence-electron chi connectivity index (χ3n) is 3.15. The molecule has 0 aromatic heterocycles. The fourth-order valence-electron chi connectivity index (χ4n) is 1.69. The lowest BCUT2D eigenvalue weighted by Crippen LogP contribution is -2.45.